The molecular weight excluding hydrogens is 504 g/mol. The number of furan rings is 1. The lowest BCUT2D eigenvalue weighted by Crippen LogP contribution is -2.38. The minimum absolute atomic E-state index is 0.172. The summed E-state index contributed by atoms with van der Waals surface area (Å²) < 4.78 is 13.0. The van der Waals surface area contributed by atoms with Crippen molar-refractivity contribution in [1.29, 1.82) is 0 Å². The van der Waals surface area contributed by atoms with E-state index in [-0.39, 0.29) is 11.1 Å². The molecule has 1 unspecified atom stereocenters. The average Bonchev–Trinajstić information content (AvgIpc) is 3.65. The van der Waals surface area contributed by atoms with Gasteiger partial charge in [-0.3, -0.25) is 9.69 Å². The Balaban J connectivity index is 1.74. The van der Waals surface area contributed by atoms with Crippen LogP contribution in [0.25, 0.3) is 10.9 Å². The molecule has 9 nitrogen and oxygen atoms in total. The van der Waals surface area contributed by atoms with Gasteiger partial charge in [0.25, 0.3) is 5.56 Å². The monoisotopic (exact) mass is 540 g/mol. The highest BCUT2D eigenvalue weighted by Crippen LogP contribution is 2.34. The number of hydrogen-bond donors (Lipinski definition) is 1. The van der Waals surface area contributed by atoms with Crippen molar-refractivity contribution in [2.75, 3.05) is 7.11 Å². The highest BCUT2D eigenvalue weighted by atomic mass is 16.5. The van der Waals surface area contributed by atoms with Crippen LogP contribution in [0, 0.1) is 13.8 Å². The second-order valence-electron chi connectivity index (χ2n) is 10.9. The van der Waals surface area contributed by atoms with E-state index in [0.29, 0.717) is 24.5 Å². The summed E-state index contributed by atoms with van der Waals surface area (Å²) in [4.78, 5) is 19.3. The minimum Gasteiger partial charge on any atom is -0.497 e. The van der Waals surface area contributed by atoms with Crippen LogP contribution >= 0.6 is 0 Å². The number of fused-ring (bicyclic) bond motifs is 1. The van der Waals surface area contributed by atoms with Gasteiger partial charge in [-0.2, -0.15) is 0 Å². The van der Waals surface area contributed by atoms with Crippen LogP contribution in [0.4, 0.5) is 0 Å². The lowest BCUT2D eigenvalue weighted by Gasteiger charge is -2.33. The molecule has 2 aromatic carbocycles. The molecule has 0 radical (unpaired) electrons. The Kier molecular flexibility index (Phi) is 7.58. The van der Waals surface area contributed by atoms with Crippen molar-refractivity contribution in [3.63, 3.8) is 0 Å². The molecule has 0 fully saturated rings. The van der Waals surface area contributed by atoms with E-state index >= 15 is 0 Å². The number of nitrogens with one attached hydrogen (secondary N) is 1. The van der Waals surface area contributed by atoms with E-state index in [9.17, 15) is 4.79 Å². The number of hydrogen-bond acceptors (Lipinski definition) is 7. The number of ether oxygens (including phenoxy) is 1. The van der Waals surface area contributed by atoms with Crippen LogP contribution in [0.2, 0.25) is 0 Å². The number of H-pyrrole nitrogens is 1. The molecule has 0 saturated carbocycles. The lowest BCUT2D eigenvalue weighted by molar-refractivity contribution is 0.168. The van der Waals surface area contributed by atoms with Gasteiger partial charge in [0.05, 0.1) is 31.0 Å². The van der Waals surface area contributed by atoms with E-state index in [0.717, 1.165) is 45.5 Å². The van der Waals surface area contributed by atoms with E-state index in [1.165, 1.54) is 0 Å². The molecule has 0 aliphatic carbocycles. The van der Waals surface area contributed by atoms with Gasteiger partial charge in [-0.1, -0.05) is 31.2 Å². The molecule has 0 saturated heterocycles. The number of nitrogens with zero attached hydrogens (tertiary/aromatic N) is 5. The molecule has 3 aromatic heterocycles. The van der Waals surface area contributed by atoms with Gasteiger partial charge in [-0.25, -0.2) is 4.68 Å². The summed E-state index contributed by atoms with van der Waals surface area (Å²) in [6, 6.07) is 17.3. The standard InChI is InChI=1S/C31H36N6O3/c1-7-31(4,5)37-29(33-34-35-37)28(26-17-25-20(2)10-11-21(3)27(25)32-30(26)38)36(19-24-9-8-16-40-24)18-22-12-14-23(39-6)15-13-22/h8-17,28H,7,18-19H2,1-6H3,(H,32,38). The van der Waals surface area contributed by atoms with Crippen LogP contribution in [-0.2, 0) is 18.6 Å². The molecule has 5 aromatic rings. The highest BCUT2D eigenvalue weighted by Gasteiger charge is 2.35. The molecule has 0 aliphatic rings. The second-order valence-corrected chi connectivity index (χ2v) is 10.9. The largest absolute Gasteiger partial charge is 0.497 e. The average molecular weight is 541 g/mol. The lowest BCUT2D eigenvalue weighted by atomic mass is 9.97. The third-order valence-electron chi connectivity index (χ3n) is 7.79. The smallest absolute Gasteiger partial charge is 0.253 e. The van der Waals surface area contributed by atoms with Crippen molar-refractivity contribution in [3.8, 4) is 5.75 Å². The number of aryl methyl sites for hydroxylation is 2. The SMILES string of the molecule is CCC(C)(C)n1nnnc1C(c1cc2c(C)ccc(C)c2[nH]c1=O)N(Cc1ccc(OC)cc1)Cc1ccco1. The van der Waals surface area contributed by atoms with Crippen molar-refractivity contribution >= 4 is 10.9 Å². The van der Waals surface area contributed by atoms with Gasteiger partial charge in [0.2, 0.25) is 0 Å². The first kappa shape index (κ1) is 27.3. The molecule has 1 atom stereocenters. The van der Waals surface area contributed by atoms with Crippen LogP contribution < -0.4 is 10.3 Å². The van der Waals surface area contributed by atoms with Crippen LogP contribution in [0.3, 0.4) is 0 Å². The quantitative estimate of drug-likeness (QED) is 0.243. The van der Waals surface area contributed by atoms with Crippen LogP contribution in [-0.4, -0.2) is 37.2 Å². The van der Waals surface area contributed by atoms with Gasteiger partial charge in [-0.05, 0) is 91.6 Å². The van der Waals surface area contributed by atoms with Gasteiger partial charge in [0.15, 0.2) is 5.82 Å². The fourth-order valence-electron chi connectivity index (χ4n) is 5.05. The zero-order valence-corrected chi connectivity index (χ0v) is 23.9. The minimum atomic E-state index is -0.568. The first-order valence-electron chi connectivity index (χ1n) is 13.5. The normalized spacial score (nSPS) is 12.8. The number of aromatic amines is 1. The Hall–Kier alpha value is -4.24. The van der Waals surface area contributed by atoms with E-state index in [4.69, 9.17) is 9.15 Å². The third-order valence-corrected chi connectivity index (χ3v) is 7.79. The first-order chi connectivity index (χ1) is 19.2. The Morgan fingerprint density at radius 3 is 2.50 bits per heavy atom. The molecule has 0 bridgehead atoms. The number of aromatic nitrogens is 5. The van der Waals surface area contributed by atoms with Crippen molar-refractivity contribution in [1.82, 2.24) is 30.1 Å². The van der Waals surface area contributed by atoms with Crippen molar-refractivity contribution in [2.24, 2.45) is 0 Å². The van der Waals surface area contributed by atoms with Crippen LogP contribution in [0.5, 0.6) is 5.75 Å². The summed E-state index contributed by atoms with van der Waals surface area (Å²) in [5, 5.41) is 14.1. The summed E-state index contributed by atoms with van der Waals surface area (Å²) in [6.07, 6.45) is 2.47. The van der Waals surface area contributed by atoms with Crippen LogP contribution in [0.1, 0.15) is 67.1 Å². The van der Waals surface area contributed by atoms with E-state index < -0.39 is 6.04 Å². The maximum Gasteiger partial charge on any atom is 0.253 e. The summed E-state index contributed by atoms with van der Waals surface area (Å²) in [6.45, 7) is 11.3. The highest BCUT2D eigenvalue weighted by molar-refractivity contribution is 5.85. The van der Waals surface area contributed by atoms with Crippen molar-refractivity contribution in [2.45, 2.75) is 65.7 Å². The fourth-order valence-corrected chi connectivity index (χ4v) is 5.05. The zero-order chi connectivity index (χ0) is 28.4. The predicted octanol–water partition coefficient (Wildman–Crippen LogP) is 5.67. The number of pyridine rings is 1. The van der Waals surface area contributed by atoms with E-state index in [2.05, 4.69) is 59.2 Å². The molecule has 0 amide bonds. The van der Waals surface area contributed by atoms with Gasteiger partial charge in [-0.15, -0.1) is 5.10 Å². The van der Waals surface area contributed by atoms with Gasteiger partial charge < -0.3 is 14.1 Å². The summed E-state index contributed by atoms with van der Waals surface area (Å²) in [5.74, 6) is 2.15. The molecule has 0 spiro atoms. The number of rotatable bonds is 10. The molecule has 40 heavy (non-hydrogen) atoms. The Bertz CT molecular complexity index is 1650. The summed E-state index contributed by atoms with van der Waals surface area (Å²) in [7, 11) is 1.65. The summed E-state index contributed by atoms with van der Waals surface area (Å²) in [5.41, 5.74) is 4.02. The number of benzene rings is 2. The topological polar surface area (TPSA) is 102 Å². The third kappa shape index (κ3) is 5.29. The number of tetrazole rings is 1. The van der Waals surface area contributed by atoms with Crippen molar-refractivity contribution in [3.05, 3.63) is 105 Å². The van der Waals surface area contributed by atoms with Gasteiger partial charge >= 0.3 is 0 Å². The molecule has 0 aliphatic heterocycles. The van der Waals surface area contributed by atoms with Crippen LogP contribution in [0.15, 0.2) is 70.1 Å². The Morgan fingerprint density at radius 2 is 1.82 bits per heavy atom. The summed E-state index contributed by atoms with van der Waals surface area (Å²) >= 11 is 0. The second kappa shape index (κ2) is 11.1. The Morgan fingerprint density at radius 1 is 1.07 bits per heavy atom. The molecule has 9 heteroatoms. The zero-order valence-electron chi connectivity index (χ0n) is 23.9. The first-order valence-corrected chi connectivity index (χ1v) is 13.5. The molecule has 3 heterocycles. The Labute approximate surface area is 233 Å². The maximum atomic E-state index is 13.9. The van der Waals surface area contributed by atoms with Gasteiger partial charge in [0.1, 0.15) is 17.6 Å². The fraction of sp³-hybridized carbons (Fsp3) is 0.355. The van der Waals surface area contributed by atoms with Crippen molar-refractivity contribution < 1.29 is 9.15 Å². The molecule has 1 N–H and O–H groups in total. The number of methoxy groups -OCH3 is 1. The molecule has 5 rings (SSSR count). The molecule has 208 valence electrons. The maximum absolute atomic E-state index is 13.9. The van der Waals surface area contributed by atoms with Gasteiger partial charge in [0, 0.05) is 17.5 Å². The van der Waals surface area contributed by atoms with E-state index in [1.807, 2.05) is 60.1 Å². The predicted molar refractivity (Wildman–Crippen MR) is 154 cm³/mol. The molecular formula is C31H36N6O3. The van der Waals surface area contributed by atoms with E-state index in [1.54, 1.807) is 13.4 Å².